The van der Waals surface area contributed by atoms with E-state index in [4.69, 9.17) is 19.3 Å². The predicted octanol–water partition coefficient (Wildman–Crippen LogP) is 1.29. The summed E-state index contributed by atoms with van der Waals surface area (Å²) in [6.45, 7) is 4.45. The topological polar surface area (TPSA) is 244 Å². The summed E-state index contributed by atoms with van der Waals surface area (Å²) in [5.74, 6) is 1.45. The molecule has 0 amide bonds. The first-order valence-corrected chi connectivity index (χ1v) is 16.5. The molecule has 0 atom stereocenters. The standard InChI is InChI=1S/C24H32N12O8S2/c37-43-44-45-15-5-25-19-29-21(33-23(31-19)35-7-11-41-12-8-35)27-17-1-3-18(4-2-17)28-22-30-20(26-6-16-46(38,39)40)32-24(34-22)36-9-13-42-14-10-36/h1-5,37H,6-16H2,(H,38,39,40)(H,27,29,31,33)(H2,26,28,30,32,34)/b25-5-. The van der Waals surface area contributed by atoms with E-state index in [0.29, 0.717) is 75.9 Å². The van der Waals surface area contributed by atoms with Crippen molar-refractivity contribution in [2.24, 2.45) is 4.99 Å². The van der Waals surface area contributed by atoms with Crippen molar-refractivity contribution in [3.63, 3.8) is 0 Å². The Kier molecular flexibility index (Phi) is 12.0. The largest absolute Gasteiger partial charge is 0.378 e. The van der Waals surface area contributed by atoms with Gasteiger partial charge in [-0.15, -0.1) is 4.33 Å². The third kappa shape index (κ3) is 10.5. The Morgan fingerprint density at radius 1 is 0.848 bits per heavy atom. The molecule has 2 fully saturated rings. The van der Waals surface area contributed by atoms with Gasteiger partial charge in [0.05, 0.1) is 37.9 Å². The van der Waals surface area contributed by atoms with E-state index in [-0.39, 0.29) is 36.1 Å². The number of ether oxygens (including phenoxy) is 2. The van der Waals surface area contributed by atoms with Gasteiger partial charge in [-0.3, -0.25) is 4.55 Å². The fraction of sp³-hybridized carbons (Fsp3) is 0.458. The molecule has 2 aliphatic heterocycles. The summed E-state index contributed by atoms with van der Waals surface area (Å²) >= 11 is 0.831. The third-order valence-corrected chi connectivity index (χ3v) is 7.45. The number of anilines is 7. The zero-order valence-electron chi connectivity index (χ0n) is 24.4. The molecule has 0 aliphatic carbocycles. The van der Waals surface area contributed by atoms with Gasteiger partial charge < -0.3 is 35.2 Å². The number of aliphatic imine (C=N–C) groups is 1. The minimum Gasteiger partial charge on any atom is -0.378 e. The van der Waals surface area contributed by atoms with E-state index in [1.54, 1.807) is 12.1 Å². The zero-order valence-corrected chi connectivity index (χ0v) is 26.0. The highest BCUT2D eigenvalue weighted by Crippen LogP contribution is 2.23. The SMILES string of the molecule is O=S(=O)(O)CCNc1nc(Nc2ccc(Nc3nc(/N=C\CSOOO)nc(N4CCOCC4)n3)cc2)nc(N2CCOCC2)n1. The van der Waals surface area contributed by atoms with Gasteiger partial charge in [0.1, 0.15) is 0 Å². The fourth-order valence-corrected chi connectivity index (χ4v) is 4.76. The van der Waals surface area contributed by atoms with Gasteiger partial charge in [0.15, 0.2) is 0 Å². The van der Waals surface area contributed by atoms with Crippen LogP contribution >= 0.6 is 12.0 Å². The lowest BCUT2D eigenvalue weighted by Gasteiger charge is -2.27. The molecule has 2 saturated heterocycles. The number of morpholine rings is 2. The molecule has 3 aromatic rings. The molecule has 5 rings (SSSR count). The molecular formula is C24H32N12O8S2. The van der Waals surface area contributed by atoms with Crippen molar-refractivity contribution in [3.8, 4) is 0 Å². The Bertz CT molecular complexity index is 1560. The first-order valence-electron chi connectivity index (χ1n) is 14.0. The molecule has 0 spiro atoms. The number of nitrogens with zero attached hydrogens (tertiary/aromatic N) is 9. The van der Waals surface area contributed by atoms with Crippen molar-refractivity contribution in [3.05, 3.63) is 24.3 Å². The summed E-state index contributed by atoms with van der Waals surface area (Å²) in [5.41, 5.74) is 1.34. The molecule has 0 unspecified atom stereocenters. The number of rotatable bonds is 15. The lowest BCUT2D eigenvalue weighted by atomic mass is 10.3. The molecule has 0 radical (unpaired) electrons. The molecule has 2 aromatic heterocycles. The summed E-state index contributed by atoms with van der Waals surface area (Å²) in [6, 6.07) is 7.22. The quantitative estimate of drug-likeness (QED) is 0.0379. The van der Waals surface area contributed by atoms with Crippen LogP contribution in [0.15, 0.2) is 29.3 Å². The van der Waals surface area contributed by atoms with Crippen LogP contribution in [0.2, 0.25) is 0 Å². The second kappa shape index (κ2) is 16.5. The maximum atomic E-state index is 11.1. The molecule has 4 heterocycles. The van der Waals surface area contributed by atoms with E-state index in [1.807, 2.05) is 21.9 Å². The molecule has 22 heteroatoms. The van der Waals surface area contributed by atoms with Gasteiger partial charge in [-0.25, -0.2) is 10.2 Å². The van der Waals surface area contributed by atoms with E-state index in [1.165, 1.54) is 6.21 Å². The van der Waals surface area contributed by atoms with Gasteiger partial charge >= 0.3 is 0 Å². The van der Waals surface area contributed by atoms with Crippen molar-refractivity contribution in [2.75, 3.05) is 96.4 Å². The Hall–Kier alpha value is -4.03. The number of nitrogens with one attached hydrogen (secondary N) is 3. The summed E-state index contributed by atoms with van der Waals surface area (Å²) in [5, 5.41) is 21.0. The molecule has 5 N–H and O–H groups in total. The van der Waals surface area contributed by atoms with Crippen molar-refractivity contribution in [1.29, 1.82) is 0 Å². The predicted molar refractivity (Wildman–Crippen MR) is 169 cm³/mol. The maximum absolute atomic E-state index is 11.1. The molecule has 46 heavy (non-hydrogen) atoms. The van der Waals surface area contributed by atoms with Crippen molar-refractivity contribution in [2.45, 2.75) is 0 Å². The van der Waals surface area contributed by atoms with Gasteiger partial charge in [0.2, 0.25) is 29.7 Å². The monoisotopic (exact) mass is 680 g/mol. The van der Waals surface area contributed by atoms with Crippen molar-refractivity contribution in [1.82, 2.24) is 29.9 Å². The zero-order chi connectivity index (χ0) is 32.2. The molecule has 248 valence electrons. The maximum Gasteiger partial charge on any atom is 0.266 e. The van der Waals surface area contributed by atoms with Crippen LogP contribution in [0.4, 0.5) is 47.1 Å². The van der Waals surface area contributed by atoms with Crippen LogP contribution in [0.5, 0.6) is 0 Å². The number of hydrogen-bond donors (Lipinski definition) is 5. The van der Waals surface area contributed by atoms with Crippen molar-refractivity contribution >= 4 is 75.4 Å². The van der Waals surface area contributed by atoms with Gasteiger partial charge in [0, 0.05) is 62.4 Å². The lowest BCUT2D eigenvalue weighted by molar-refractivity contribution is -0.432. The second-order valence-electron chi connectivity index (χ2n) is 9.52. The Balaban J connectivity index is 1.30. The lowest BCUT2D eigenvalue weighted by Crippen LogP contribution is -2.37. The van der Waals surface area contributed by atoms with E-state index in [2.05, 4.69) is 60.2 Å². The minimum absolute atomic E-state index is 0.0887. The summed E-state index contributed by atoms with van der Waals surface area (Å²) in [7, 11) is -4.15. The smallest absolute Gasteiger partial charge is 0.266 e. The van der Waals surface area contributed by atoms with Crippen LogP contribution in [-0.2, 0) is 29.0 Å². The van der Waals surface area contributed by atoms with Crippen LogP contribution in [0, 0.1) is 0 Å². The van der Waals surface area contributed by atoms with Crippen LogP contribution in [0.25, 0.3) is 0 Å². The molecule has 1 aromatic carbocycles. The van der Waals surface area contributed by atoms with Crippen LogP contribution in [0.3, 0.4) is 0 Å². The van der Waals surface area contributed by atoms with E-state index in [0.717, 1.165) is 12.0 Å². The molecule has 2 aliphatic rings. The summed E-state index contributed by atoms with van der Waals surface area (Å²) < 4.78 is 46.6. The molecular weight excluding hydrogens is 648 g/mol. The average molecular weight is 681 g/mol. The van der Waals surface area contributed by atoms with Crippen LogP contribution in [0.1, 0.15) is 0 Å². The van der Waals surface area contributed by atoms with Gasteiger partial charge in [-0.2, -0.15) is 38.3 Å². The minimum atomic E-state index is -4.15. The first-order chi connectivity index (χ1) is 22.3. The summed E-state index contributed by atoms with van der Waals surface area (Å²) in [4.78, 5) is 34.9. The van der Waals surface area contributed by atoms with Crippen LogP contribution < -0.4 is 25.8 Å². The van der Waals surface area contributed by atoms with Crippen molar-refractivity contribution < 1.29 is 37.1 Å². The Morgan fingerprint density at radius 3 is 1.96 bits per heavy atom. The first kappa shape index (κ1) is 33.3. The molecule has 0 saturated carbocycles. The van der Waals surface area contributed by atoms with E-state index >= 15 is 0 Å². The normalized spacial score (nSPS) is 15.7. The Morgan fingerprint density at radius 2 is 1.39 bits per heavy atom. The van der Waals surface area contributed by atoms with Gasteiger partial charge in [-0.1, -0.05) is 5.04 Å². The second-order valence-corrected chi connectivity index (χ2v) is 11.8. The van der Waals surface area contributed by atoms with E-state index < -0.39 is 15.9 Å². The number of aromatic nitrogens is 6. The molecule has 0 bridgehead atoms. The van der Waals surface area contributed by atoms with Gasteiger partial charge in [-0.05, 0) is 24.3 Å². The fourth-order valence-electron chi connectivity index (χ4n) is 4.16. The van der Waals surface area contributed by atoms with Gasteiger partial charge in [0.25, 0.3) is 16.1 Å². The third-order valence-electron chi connectivity index (χ3n) is 6.29. The highest BCUT2D eigenvalue weighted by atomic mass is 32.2. The summed E-state index contributed by atoms with van der Waals surface area (Å²) in [6.07, 6.45) is 1.51. The van der Waals surface area contributed by atoms with Crippen LogP contribution in [-0.4, -0.2) is 125 Å². The average Bonchev–Trinajstić information content (AvgIpc) is 3.06. The van der Waals surface area contributed by atoms with E-state index in [9.17, 15) is 8.42 Å². The highest BCUT2D eigenvalue weighted by Gasteiger charge is 2.18. The Labute approximate surface area is 267 Å². The molecule has 20 nitrogen and oxygen atoms in total. The highest BCUT2D eigenvalue weighted by molar-refractivity contribution is 7.95. The number of hydrogen-bond acceptors (Lipinski definition) is 20. The number of benzene rings is 1.